The summed E-state index contributed by atoms with van der Waals surface area (Å²) in [7, 11) is 3.34. The van der Waals surface area contributed by atoms with E-state index in [1.807, 2.05) is 0 Å². The lowest BCUT2D eigenvalue weighted by Gasteiger charge is -2.26. The van der Waals surface area contributed by atoms with Crippen molar-refractivity contribution in [1.29, 1.82) is 0 Å². The Morgan fingerprint density at radius 3 is 2.20 bits per heavy atom. The molecule has 86 valence electrons. The van der Waals surface area contributed by atoms with Crippen molar-refractivity contribution in [1.82, 2.24) is 15.8 Å². The number of hydrazine groups is 1. The number of urea groups is 1. The Morgan fingerprint density at radius 1 is 1.27 bits per heavy atom. The second kappa shape index (κ2) is 4.48. The molecule has 0 atom stereocenters. The molecule has 0 bridgehead atoms. The van der Waals surface area contributed by atoms with Gasteiger partial charge in [-0.3, -0.25) is 5.43 Å². The van der Waals surface area contributed by atoms with Gasteiger partial charge in [-0.1, -0.05) is 12.8 Å². The van der Waals surface area contributed by atoms with E-state index in [1.165, 1.54) is 5.01 Å². The fourth-order valence-corrected chi connectivity index (χ4v) is 1.82. The average Bonchev–Trinajstić information content (AvgIpc) is 2.52. The molecule has 0 spiro atoms. The zero-order chi connectivity index (χ0) is 11.5. The molecule has 0 unspecified atom stereocenters. The Hall–Kier alpha value is -1.30. The molecule has 1 fully saturated rings. The lowest BCUT2D eigenvalue weighted by Crippen LogP contribution is -2.57. The van der Waals surface area contributed by atoms with Crippen LogP contribution < -0.4 is 10.7 Å². The molecular weight excluding hydrogens is 198 g/mol. The molecule has 1 rings (SSSR count). The van der Waals surface area contributed by atoms with Gasteiger partial charge in [0.05, 0.1) is 0 Å². The van der Waals surface area contributed by atoms with Crippen molar-refractivity contribution in [3.05, 3.63) is 0 Å². The molecular formula is C9H17N3O3. The zero-order valence-corrected chi connectivity index (χ0v) is 9.04. The van der Waals surface area contributed by atoms with Gasteiger partial charge in [0.2, 0.25) is 0 Å². The Balaban J connectivity index is 2.59. The number of hydrogen-bond acceptors (Lipinski definition) is 3. The van der Waals surface area contributed by atoms with E-state index in [0.717, 1.165) is 12.8 Å². The number of rotatable bonds is 3. The minimum absolute atomic E-state index is 0.468. The van der Waals surface area contributed by atoms with Gasteiger partial charge < -0.3 is 10.4 Å². The van der Waals surface area contributed by atoms with Gasteiger partial charge in [-0.05, 0) is 12.8 Å². The number of aliphatic carboxylic acids is 1. The third kappa shape index (κ3) is 2.82. The van der Waals surface area contributed by atoms with Crippen LogP contribution in [0.5, 0.6) is 0 Å². The molecule has 0 aromatic rings. The summed E-state index contributed by atoms with van der Waals surface area (Å²) < 4.78 is 0. The van der Waals surface area contributed by atoms with E-state index in [-0.39, 0.29) is 0 Å². The van der Waals surface area contributed by atoms with Gasteiger partial charge in [0, 0.05) is 14.1 Å². The van der Waals surface area contributed by atoms with Crippen LogP contribution in [0, 0.1) is 0 Å². The number of carbonyl (C=O) groups is 2. The van der Waals surface area contributed by atoms with Crippen LogP contribution in [-0.4, -0.2) is 41.8 Å². The standard InChI is InChI=1S/C9H17N3O3/c1-12(2)11-8(15)10-9(7(13)14)5-3-4-6-9/h3-6H2,1-2H3,(H,13,14)(H2,10,11,15). The van der Waals surface area contributed by atoms with Crippen LogP contribution in [0.15, 0.2) is 0 Å². The highest BCUT2D eigenvalue weighted by molar-refractivity contribution is 5.86. The molecule has 15 heavy (non-hydrogen) atoms. The number of nitrogens with one attached hydrogen (secondary N) is 2. The number of nitrogens with zero attached hydrogens (tertiary/aromatic N) is 1. The lowest BCUT2D eigenvalue weighted by atomic mass is 9.98. The van der Waals surface area contributed by atoms with Gasteiger partial charge in [-0.2, -0.15) is 0 Å². The van der Waals surface area contributed by atoms with Gasteiger partial charge in [-0.25, -0.2) is 14.6 Å². The third-order valence-corrected chi connectivity index (χ3v) is 2.54. The van der Waals surface area contributed by atoms with Crippen LogP contribution in [0.25, 0.3) is 0 Å². The summed E-state index contributed by atoms with van der Waals surface area (Å²) >= 11 is 0. The third-order valence-electron chi connectivity index (χ3n) is 2.54. The largest absolute Gasteiger partial charge is 0.480 e. The fraction of sp³-hybridized carbons (Fsp3) is 0.778. The summed E-state index contributed by atoms with van der Waals surface area (Å²) in [6.07, 6.45) is 2.69. The highest BCUT2D eigenvalue weighted by Gasteiger charge is 2.42. The number of carbonyl (C=O) groups excluding carboxylic acids is 1. The summed E-state index contributed by atoms with van der Waals surface area (Å²) in [5.41, 5.74) is 1.40. The van der Waals surface area contributed by atoms with Crippen LogP contribution in [0.4, 0.5) is 4.79 Å². The van der Waals surface area contributed by atoms with E-state index in [0.29, 0.717) is 12.8 Å². The predicted octanol–water partition coefficient (Wildman–Crippen LogP) is 0.160. The van der Waals surface area contributed by atoms with Crippen LogP contribution in [0.2, 0.25) is 0 Å². The van der Waals surface area contributed by atoms with Crippen molar-refractivity contribution in [2.24, 2.45) is 0 Å². The van der Waals surface area contributed by atoms with Crippen molar-refractivity contribution < 1.29 is 14.7 Å². The molecule has 2 amide bonds. The molecule has 1 aliphatic carbocycles. The number of hydrogen-bond donors (Lipinski definition) is 3. The first-order chi connectivity index (χ1) is 6.96. The Bertz CT molecular complexity index is 259. The van der Waals surface area contributed by atoms with E-state index in [1.54, 1.807) is 14.1 Å². The van der Waals surface area contributed by atoms with Crippen molar-refractivity contribution in [3.63, 3.8) is 0 Å². The van der Waals surface area contributed by atoms with E-state index in [4.69, 9.17) is 5.11 Å². The highest BCUT2D eigenvalue weighted by atomic mass is 16.4. The second-order valence-corrected chi connectivity index (χ2v) is 4.05. The van der Waals surface area contributed by atoms with Gasteiger partial charge in [0.15, 0.2) is 0 Å². The topological polar surface area (TPSA) is 81.7 Å². The lowest BCUT2D eigenvalue weighted by molar-refractivity contribution is -0.144. The predicted molar refractivity (Wildman–Crippen MR) is 54.2 cm³/mol. The maximum Gasteiger partial charge on any atom is 0.330 e. The van der Waals surface area contributed by atoms with Crippen LogP contribution in [-0.2, 0) is 4.79 Å². The summed E-state index contributed by atoms with van der Waals surface area (Å²) in [6, 6.07) is -0.468. The van der Waals surface area contributed by atoms with E-state index < -0.39 is 17.5 Å². The minimum Gasteiger partial charge on any atom is -0.480 e. The summed E-state index contributed by atoms with van der Waals surface area (Å²) in [5.74, 6) is -0.950. The molecule has 0 aromatic heterocycles. The first kappa shape index (κ1) is 11.8. The molecule has 3 N–H and O–H groups in total. The SMILES string of the molecule is CN(C)NC(=O)NC1(C(=O)O)CCCC1. The summed E-state index contributed by atoms with van der Waals surface area (Å²) in [6.45, 7) is 0. The van der Waals surface area contributed by atoms with Gasteiger partial charge >= 0.3 is 12.0 Å². The molecule has 0 heterocycles. The monoisotopic (exact) mass is 215 g/mol. The molecule has 0 radical (unpaired) electrons. The van der Waals surface area contributed by atoms with Crippen molar-refractivity contribution in [2.75, 3.05) is 14.1 Å². The molecule has 0 aromatic carbocycles. The normalized spacial score (nSPS) is 18.9. The van der Waals surface area contributed by atoms with Crippen molar-refractivity contribution in [3.8, 4) is 0 Å². The highest BCUT2D eigenvalue weighted by Crippen LogP contribution is 2.29. The van der Waals surface area contributed by atoms with E-state index in [9.17, 15) is 9.59 Å². The second-order valence-electron chi connectivity index (χ2n) is 4.05. The maximum atomic E-state index is 11.4. The quantitative estimate of drug-likeness (QED) is 0.586. The Morgan fingerprint density at radius 2 is 1.80 bits per heavy atom. The van der Waals surface area contributed by atoms with Gasteiger partial charge in [0.1, 0.15) is 5.54 Å². The maximum absolute atomic E-state index is 11.4. The molecule has 1 aliphatic rings. The fourth-order valence-electron chi connectivity index (χ4n) is 1.82. The minimum atomic E-state index is -1.07. The number of carboxylic acid groups (broad SMARTS) is 1. The van der Waals surface area contributed by atoms with Crippen molar-refractivity contribution >= 4 is 12.0 Å². The molecule has 1 saturated carbocycles. The van der Waals surface area contributed by atoms with Crippen molar-refractivity contribution in [2.45, 2.75) is 31.2 Å². The number of carboxylic acids is 1. The van der Waals surface area contributed by atoms with E-state index >= 15 is 0 Å². The van der Waals surface area contributed by atoms with Crippen LogP contribution in [0.1, 0.15) is 25.7 Å². The number of amides is 2. The Kier molecular flexibility index (Phi) is 3.52. The first-order valence-electron chi connectivity index (χ1n) is 4.96. The smallest absolute Gasteiger partial charge is 0.330 e. The summed E-state index contributed by atoms with van der Waals surface area (Å²) in [4.78, 5) is 22.5. The first-order valence-corrected chi connectivity index (χ1v) is 4.96. The Labute approximate surface area is 88.6 Å². The zero-order valence-electron chi connectivity index (χ0n) is 9.04. The van der Waals surface area contributed by atoms with Gasteiger partial charge in [0.25, 0.3) is 0 Å². The molecule has 0 aliphatic heterocycles. The average molecular weight is 215 g/mol. The summed E-state index contributed by atoms with van der Waals surface area (Å²) in [5, 5.41) is 13.1. The molecule has 6 heteroatoms. The van der Waals surface area contributed by atoms with Crippen LogP contribution in [0.3, 0.4) is 0 Å². The van der Waals surface area contributed by atoms with E-state index in [2.05, 4.69) is 10.7 Å². The molecule has 0 saturated heterocycles. The van der Waals surface area contributed by atoms with Gasteiger partial charge in [-0.15, -0.1) is 0 Å². The molecule has 6 nitrogen and oxygen atoms in total. The van der Waals surface area contributed by atoms with Crippen LogP contribution >= 0.6 is 0 Å².